The fourth-order valence-electron chi connectivity index (χ4n) is 3.03. The van der Waals surface area contributed by atoms with Crippen LogP contribution in [0, 0.1) is 13.8 Å². The first-order valence-corrected chi connectivity index (χ1v) is 10.4. The van der Waals surface area contributed by atoms with Crippen molar-refractivity contribution in [1.29, 1.82) is 0 Å². The van der Waals surface area contributed by atoms with Crippen molar-refractivity contribution in [1.82, 2.24) is 16.2 Å². The first kappa shape index (κ1) is 21.2. The van der Waals surface area contributed by atoms with Crippen molar-refractivity contribution in [3.63, 3.8) is 0 Å². The third-order valence-electron chi connectivity index (χ3n) is 4.61. The van der Waals surface area contributed by atoms with Crippen LogP contribution in [0.4, 0.5) is 5.69 Å². The molecule has 154 valence electrons. The van der Waals surface area contributed by atoms with Crippen molar-refractivity contribution in [3.8, 4) is 5.75 Å². The number of thioether (sulfide) groups is 1. The number of methoxy groups -OCH3 is 1. The van der Waals surface area contributed by atoms with Crippen LogP contribution in [-0.2, 0) is 16.0 Å². The Balaban J connectivity index is 1.44. The highest BCUT2D eigenvalue weighted by molar-refractivity contribution is 8.00. The lowest BCUT2D eigenvalue weighted by Crippen LogP contribution is -2.64. The summed E-state index contributed by atoms with van der Waals surface area (Å²) in [4.78, 5) is 24.6. The smallest absolute Gasteiger partial charge is 0.240 e. The Morgan fingerprint density at radius 3 is 2.55 bits per heavy atom. The molecule has 1 saturated heterocycles. The second-order valence-corrected chi connectivity index (χ2v) is 8.05. The van der Waals surface area contributed by atoms with Gasteiger partial charge in [0.2, 0.25) is 11.8 Å². The molecule has 0 bridgehead atoms. The van der Waals surface area contributed by atoms with Gasteiger partial charge in [-0.05, 0) is 49.6 Å². The molecule has 8 heteroatoms. The largest absolute Gasteiger partial charge is 0.497 e. The summed E-state index contributed by atoms with van der Waals surface area (Å²) < 4.78 is 5.15. The van der Waals surface area contributed by atoms with Gasteiger partial charge >= 0.3 is 0 Å². The predicted molar refractivity (Wildman–Crippen MR) is 116 cm³/mol. The normalized spacial score (nSPS) is 18.8. The van der Waals surface area contributed by atoms with Crippen LogP contribution >= 0.6 is 11.8 Å². The Bertz CT molecular complexity index is 873. The highest BCUT2D eigenvalue weighted by atomic mass is 32.2. The van der Waals surface area contributed by atoms with Crippen molar-refractivity contribution in [2.45, 2.75) is 31.8 Å². The summed E-state index contributed by atoms with van der Waals surface area (Å²) in [5.74, 6) is 0.782. The minimum absolute atomic E-state index is 0.105. The van der Waals surface area contributed by atoms with Crippen molar-refractivity contribution < 1.29 is 14.3 Å². The summed E-state index contributed by atoms with van der Waals surface area (Å²) in [6, 6.07) is 13.1. The summed E-state index contributed by atoms with van der Waals surface area (Å²) in [6.07, 6.45) is 0.549. The number of hydrogen-bond donors (Lipinski definition) is 4. The molecule has 1 aliphatic heterocycles. The molecule has 2 amide bonds. The van der Waals surface area contributed by atoms with Gasteiger partial charge in [0.05, 0.1) is 12.9 Å². The van der Waals surface area contributed by atoms with Gasteiger partial charge in [0, 0.05) is 5.69 Å². The van der Waals surface area contributed by atoms with Gasteiger partial charge in [-0.2, -0.15) is 0 Å². The number of carbonyl (C=O) groups is 2. The number of rotatable bonds is 7. The molecule has 2 atom stereocenters. The standard InChI is InChI=1S/C21H26N4O3S/c1-13-4-9-17(14(2)10-13)22-19(26)12-29-21-23-20(27)18(24-25-21)11-15-5-7-16(28-3)8-6-15/h4-10,18,21,24-25H,11-12H2,1-3H3,(H,22,26)(H,23,27). The molecule has 2 aromatic carbocycles. The zero-order valence-corrected chi connectivity index (χ0v) is 17.6. The molecule has 0 spiro atoms. The second kappa shape index (κ2) is 9.78. The van der Waals surface area contributed by atoms with Crippen LogP contribution in [0.2, 0.25) is 0 Å². The van der Waals surface area contributed by atoms with Gasteiger partial charge in [-0.15, -0.1) is 11.8 Å². The van der Waals surface area contributed by atoms with E-state index in [1.807, 2.05) is 56.3 Å². The van der Waals surface area contributed by atoms with E-state index in [1.54, 1.807) is 7.11 Å². The van der Waals surface area contributed by atoms with E-state index in [0.29, 0.717) is 6.42 Å². The highest BCUT2D eigenvalue weighted by Gasteiger charge is 2.27. The van der Waals surface area contributed by atoms with Crippen LogP contribution in [-0.4, -0.2) is 36.2 Å². The number of anilines is 1. The Hall–Kier alpha value is -2.55. The SMILES string of the molecule is COc1ccc(CC2NNC(SCC(=O)Nc3ccc(C)cc3C)NC2=O)cc1. The topological polar surface area (TPSA) is 91.5 Å². The number of hydrazine groups is 1. The van der Waals surface area contributed by atoms with Crippen LogP contribution in [0.25, 0.3) is 0 Å². The van der Waals surface area contributed by atoms with E-state index in [2.05, 4.69) is 21.5 Å². The molecule has 29 heavy (non-hydrogen) atoms. The van der Waals surface area contributed by atoms with Gasteiger partial charge in [0.15, 0.2) is 0 Å². The number of nitrogens with one attached hydrogen (secondary N) is 4. The molecule has 2 unspecified atom stereocenters. The van der Waals surface area contributed by atoms with Crippen molar-refractivity contribution in [3.05, 3.63) is 59.2 Å². The Labute approximate surface area is 174 Å². The van der Waals surface area contributed by atoms with E-state index < -0.39 is 0 Å². The van der Waals surface area contributed by atoms with E-state index in [0.717, 1.165) is 28.1 Å². The number of ether oxygens (including phenoxy) is 1. The molecule has 0 saturated carbocycles. The molecule has 1 fully saturated rings. The van der Waals surface area contributed by atoms with Crippen molar-refractivity contribution in [2.75, 3.05) is 18.2 Å². The summed E-state index contributed by atoms with van der Waals surface area (Å²) in [5, 5.41) is 5.80. The van der Waals surface area contributed by atoms with Gasteiger partial charge in [0.1, 0.15) is 17.3 Å². The molecule has 2 aromatic rings. The van der Waals surface area contributed by atoms with Gasteiger partial charge in [-0.1, -0.05) is 29.8 Å². The lowest BCUT2D eigenvalue weighted by molar-refractivity contribution is -0.125. The Morgan fingerprint density at radius 2 is 1.90 bits per heavy atom. The van der Waals surface area contributed by atoms with Crippen molar-refractivity contribution in [2.24, 2.45) is 0 Å². The fraction of sp³-hybridized carbons (Fsp3) is 0.333. The number of hydrogen-bond acceptors (Lipinski definition) is 6. The summed E-state index contributed by atoms with van der Waals surface area (Å²) in [5.41, 5.74) is 9.73. The second-order valence-electron chi connectivity index (χ2n) is 6.96. The molecular weight excluding hydrogens is 388 g/mol. The lowest BCUT2D eigenvalue weighted by Gasteiger charge is -2.31. The fourth-order valence-corrected chi connectivity index (χ4v) is 3.77. The maximum Gasteiger partial charge on any atom is 0.240 e. The number of carbonyl (C=O) groups excluding carboxylic acids is 2. The zero-order valence-electron chi connectivity index (χ0n) is 16.7. The first-order chi connectivity index (χ1) is 13.9. The van der Waals surface area contributed by atoms with E-state index in [1.165, 1.54) is 11.8 Å². The molecule has 4 N–H and O–H groups in total. The predicted octanol–water partition coefficient (Wildman–Crippen LogP) is 2.10. The molecule has 1 aliphatic rings. The Kier molecular flexibility index (Phi) is 7.13. The number of aryl methyl sites for hydroxylation is 2. The lowest BCUT2D eigenvalue weighted by atomic mass is 10.1. The number of amides is 2. The third-order valence-corrected chi connectivity index (χ3v) is 5.61. The quantitative estimate of drug-likeness (QED) is 0.555. The zero-order chi connectivity index (χ0) is 20.8. The van der Waals surface area contributed by atoms with Crippen LogP contribution in [0.1, 0.15) is 16.7 Å². The first-order valence-electron chi connectivity index (χ1n) is 9.37. The molecule has 1 heterocycles. The summed E-state index contributed by atoms with van der Waals surface area (Å²) >= 11 is 1.32. The molecule has 0 radical (unpaired) electrons. The molecule has 3 rings (SSSR count). The van der Waals surface area contributed by atoms with E-state index >= 15 is 0 Å². The molecule has 0 aliphatic carbocycles. The van der Waals surface area contributed by atoms with Crippen LogP contribution in [0.5, 0.6) is 5.75 Å². The minimum atomic E-state index is -0.385. The van der Waals surface area contributed by atoms with Crippen molar-refractivity contribution >= 4 is 29.3 Å². The average Bonchev–Trinajstić information content (AvgIpc) is 2.71. The summed E-state index contributed by atoms with van der Waals surface area (Å²) in [7, 11) is 1.62. The molecular formula is C21H26N4O3S. The summed E-state index contributed by atoms with van der Waals surface area (Å²) in [6.45, 7) is 3.98. The molecule has 7 nitrogen and oxygen atoms in total. The molecule has 0 aromatic heterocycles. The van der Waals surface area contributed by atoms with E-state index in [4.69, 9.17) is 4.74 Å². The van der Waals surface area contributed by atoms with E-state index in [9.17, 15) is 9.59 Å². The maximum absolute atomic E-state index is 12.4. The maximum atomic E-state index is 12.4. The van der Waals surface area contributed by atoms with Crippen LogP contribution < -0.4 is 26.2 Å². The average molecular weight is 415 g/mol. The monoisotopic (exact) mass is 414 g/mol. The minimum Gasteiger partial charge on any atom is -0.497 e. The van der Waals surface area contributed by atoms with Gasteiger partial charge < -0.3 is 15.4 Å². The van der Waals surface area contributed by atoms with Gasteiger partial charge in [0.25, 0.3) is 0 Å². The highest BCUT2D eigenvalue weighted by Crippen LogP contribution is 2.18. The van der Waals surface area contributed by atoms with E-state index in [-0.39, 0.29) is 29.1 Å². The number of benzene rings is 2. The van der Waals surface area contributed by atoms with Crippen LogP contribution in [0.15, 0.2) is 42.5 Å². The Morgan fingerprint density at radius 1 is 1.14 bits per heavy atom. The van der Waals surface area contributed by atoms with Crippen LogP contribution in [0.3, 0.4) is 0 Å². The van der Waals surface area contributed by atoms with Gasteiger partial charge in [-0.3, -0.25) is 9.59 Å². The van der Waals surface area contributed by atoms with Gasteiger partial charge in [-0.25, -0.2) is 10.9 Å². The third kappa shape index (κ3) is 5.96.